The van der Waals surface area contributed by atoms with Gasteiger partial charge < -0.3 is 10.0 Å². The highest BCUT2D eigenvalue weighted by molar-refractivity contribution is 8.00. The summed E-state index contributed by atoms with van der Waals surface area (Å²) in [5, 5.41) is 10.9. The Morgan fingerprint density at radius 3 is 2.70 bits per heavy atom. The second-order valence-electron chi connectivity index (χ2n) is 5.50. The first-order chi connectivity index (χ1) is 11.1. The average Bonchev–Trinajstić information content (AvgIpc) is 3.03. The van der Waals surface area contributed by atoms with Crippen LogP contribution in [-0.2, 0) is 17.8 Å². The number of carbonyl (C=O) groups is 2. The van der Waals surface area contributed by atoms with Gasteiger partial charge in [0.2, 0.25) is 5.91 Å². The molecule has 23 heavy (non-hydrogen) atoms. The Kier molecular flexibility index (Phi) is 4.73. The molecule has 0 aliphatic carbocycles. The fourth-order valence-electron chi connectivity index (χ4n) is 2.66. The fourth-order valence-corrected chi connectivity index (χ4v) is 5.06. The SMILES string of the molecule is CN(Cc1ccc(C(=O)O)cc1)C(=O)[C@H]1SCCc2sccc21. The number of hydrogen-bond donors (Lipinski definition) is 1. The molecule has 0 bridgehead atoms. The monoisotopic (exact) mass is 347 g/mol. The molecule has 120 valence electrons. The van der Waals surface area contributed by atoms with Gasteiger partial charge in [-0.25, -0.2) is 4.79 Å². The summed E-state index contributed by atoms with van der Waals surface area (Å²) in [7, 11) is 1.80. The molecule has 3 rings (SSSR count). The van der Waals surface area contributed by atoms with Gasteiger partial charge in [0.05, 0.1) is 5.56 Å². The first-order valence-electron chi connectivity index (χ1n) is 7.31. The van der Waals surface area contributed by atoms with Crippen molar-refractivity contribution >= 4 is 35.0 Å². The number of aromatic carboxylic acids is 1. The minimum atomic E-state index is -0.940. The van der Waals surface area contributed by atoms with E-state index in [0.29, 0.717) is 6.54 Å². The summed E-state index contributed by atoms with van der Waals surface area (Å²) in [6, 6.07) is 8.73. The third-order valence-corrected chi connectivity index (χ3v) is 6.12. The molecule has 2 heterocycles. The predicted octanol–water partition coefficient (Wildman–Crippen LogP) is 3.44. The zero-order chi connectivity index (χ0) is 16.4. The van der Waals surface area contributed by atoms with Gasteiger partial charge in [-0.05, 0) is 46.9 Å². The van der Waals surface area contributed by atoms with E-state index in [9.17, 15) is 9.59 Å². The average molecular weight is 347 g/mol. The van der Waals surface area contributed by atoms with Crippen molar-refractivity contribution in [2.75, 3.05) is 12.8 Å². The van der Waals surface area contributed by atoms with E-state index in [1.54, 1.807) is 59.3 Å². The van der Waals surface area contributed by atoms with Crippen molar-refractivity contribution in [2.24, 2.45) is 0 Å². The Hall–Kier alpha value is -1.79. The van der Waals surface area contributed by atoms with E-state index in [-0.39, 0.29) is 16.7 Å². The summed E-state index contributed by atoms with van der Waals surface area (Å²) >= 11 is 3.43. The zero-order valence-corrected chi connectivity index (χ0v) is 14.3. The lowest BCUT2D eigenvalue weighted by molar-refractivity contribution is -0.130. The zero-order valence-electron chi connectivity index (χ0n) is 12.7. The molecule has 1 aromatic carbocycles. The van der Waals surface area contributed by atoms with Gasteiger partial charge in [0.1, 0.15) is 5.25 Å². The van der Waals surface area contributed by atoms with E-state index in [2.05, 4.69) is 11.4 Å². The highest BCUT2D eigenvalue weighted by Gasteiger charge is 2.30. The van der Waals surface area contributed by atoms with E-state index >= 15 is 0 Å². The fraction of sp³-hybridized carbons (Fsp3) is 0.294. The summed E-state index contributed by atoms with van der Waals surface area (Å²) < 4.78 is 0. The number of nitrogens with zero attached hydrogens (tertiary/aromatic N) is 1. The van der Waals surface area contributed by atoms with Crippen LogP contribution in [0.1, 0.15) is 31.6 Å². The maximum atomic E-state index is 12.8. The van der Waals surface area contributed by atoms with Gasteiger partial charge in [-0.1, -0.05) is 12.1 Å². The molecule has 0 unspecified atom stereocenters. The second kappa shape index (κ2) is 6.76. The molecular formula is C17H17NO3S2. The Bertz CT molecular complexity index is 724. The van der Waals surface area contributed by atoms with Crippen molar-refractivity contribution in [2.45, 2.75) is 18.2 Å². The van der Waals surface area contributed by atoms with Crippen LogP contribution in [0.15, 0.2) is 35.7 Å². The lowest BCUT2D eigenvalue weighted by atomic mass is 10.1. The molecule has 1 amide bonds. The lowest BCUT2D eigenvalue weighted by Gasteiger charge is -2.26. The summed E-state index contributed by atoms with van der Waals surface area (Å²) in [6.07, 6.45) is 1.04. The Labute approximate surface area is 143 Å². The molecule has 1 N–H and O–H groups in total. The van der Waals surface area contributed by atoms with Crippen LogP contribution in [0.25, 0.3) is 0 Å². The molecule has 0 saturated heterocycles. The maximum Gasteiger partial charge on any atom is 0.335 e. The van der Waals surface area contributed by atoms with Crippen LogP contribution in [0.3, 0.4) is 0 Å². The van der Waals surface area contributed by atoms with Crippen molar-refractivity contribution in [1.82, 2.24) is 4.90 Å². The largest absolute Gasteiger partial charge is 0.478 e. The molecule has 0 saturated carbocycles. The van der Waals surface area contributed by atoms with Crippen LogP contribution in [0.4, 0.5) is 0 Å². The molecule has 0 fully saturated rings. The number of hydrogen-bond acceptors (Lipinski definition) is 4. The quantitative estimate of drug-likeness (QED) is 0.920. The molecule has 1 atom stereocenters. The number of thiophene rings is 1. The number of carbonyl (C=O) groups excluding carboxylic acids is 1. The first kappa shape index (κ1) is 16.1. The van der Waals surface area contributed by atoms with Crippen LogP contribution >= 0.6 is 23.1 Å². The smallest absolute Gasteiger partial charge is 0.335 e. The standard InChI is InChI=1S/C17H17NO3S2/c1-18(10-11-2-4-12(5-3-11)17(20)21)16(19)15-13-6-8-22-14(13)7-9-23-15/h2-6,8,15H,7,9-10H2,1H3,(H,20,21)/t15-/m0/s1. The summed E-state index contributed by atoms with van der Waals surface area (Å²) in [5.74, 6) is 0.145. The number of amides is 1. The number of benzene rings is 1. The van der Waals surface area contributed by atoms with Crippen LogP contribution in [0.2, 0.25) is 0 Å². The van der Waals surface area contributed by atoms with E-state index in [4.69, 9.17) is 5.11 Å². The summed E-state index contributed by atoms with van der Waals surface area (Å²) in [6.45, 7) is 0.481. The molecule has 6 heteroatoms. The van der Waals surface area contributed by atoms with Crippen molar-refractivity contribution < 1.29 is 14.7 Å². The van der Waals surface area contributed by atoms with Crippen LogP contribution in [0.5, 0.6) is 0 Å². The van der Waals surface area contributed by atoms with Crippen LogP contribution < -0.4 is 0 Å². The number of aryl methyl sites for hydroxylation is 1. The Morgan fingerprint density at radius 2 is 2.00 bits per heavy atom. The van der Waals surface area contributed by atoms with E-state index in [1.807, 2.05) is 0 Å². The van der Waals surface area contributed by atoms with Gasteiger partial charge in [0.15, 0.2) is 0 Å². The predicted molar refractivity (Wildman–Crippen MR) is 93.1 cm³/mol. The number of thioether (sulfide) groups is 1. The summed E-state index contributed by atoms with van der Waals surface area (Å²) in [4.78, 5) is 26.7. The van der Waals surface area contributed by atoms with Gasteiger partial charge in [-0.2, -0.15) is 0 Å². The lowest BCUT2D eigenvalue weighted by Crippen LogP contribution is -2.31. The van der Waals surface area contributed by atoms with Crippen LogP contribution in [-0.4, -0.2) is 34.7 Å². The van der Waals surface area contributed by atoms with Crippen molar-refractivity contribution in [3.63, 3.8) is 0 Å². The van der Waals surface area contributed by atoms with E-state index in [0.717, 1.165) is 23.3 Å². The van der Waals surface area contributed by atoms with Crippen molar-refractivity contribution in [1.29, 1.82) is 0 Å². The van der Waals surface area contributed by atoms with Gasteiger partial charge in [-0.3, -0.25) is 4.79 Å². The van der Waals surface area contributed by atoms with Gasteiger partial charge in [0.25, 0.3) is 0 Å². The number of likely N-dealkylation sites (N-methyl/N-ethyl adjacent to an activating group) is 1. The second-order valence-corrected chi connectivity index (χ2v) is 7.71. The molecule has 1 aliphatic rings. The Morgan fingerprint density at radius 1 is 1.26 bits per heavy atom. The highest BCUT2D eigenvalue weighted by atomic mass is 32.2. The minimum absolute atomic E-state index is 0.108. The number of carboxylic acids is 1. The van der Waals surface area contributed by atoms with Gasteiger partial charge in [0, 0.05) is 18.5 Å². The van der Waals surface area contributed by atoms with E-state index < -0.39 is 5.97 Å². The van der Waals surface area contributed by atoms with Crippen LogP contribution in [0, 0.1) is 0 Å². The van der Waals surface area contributed by atoms with Gasteiger partial charge in [-0.15, -0.1) is 23.1 Å². The summed E-state index contributed by atoms with van der Waals surface area (Å²) in [5.41, 5.74) is 2.34. The third kappa shape index (κ3) is 3.43. The normalized spacial score (nSPS) is 16.7. The third-order valence-electron chi connectivity index (χ3n) is 3.90. The molecule has 0 radical (unpaired) electrons. The first-order valence-corrected chi connectivity index (χ1v) is 9.24. The minimum Gasteiger partial charge on any atom is -0.478 e. The molecular weight excluding hydrogens is 330 g/mol. The molecule has 1 aliphatic heterocycles. The molecule has 2 aromatic rings. The molecule has 1 aromatic heterocycles. The number of rotatable bonds is 4. The topological polar surface area (TPSA) is 57.6 Å². The van der Waals surface area contributed by atoms with E-state index in [1.165, 1.54) is 4.88 Å². The molecule has 0 spiro atoms. The number of carboxylic acid groups (broad SMARTS) is 1. The maximum absolute atomic E-state index is 12.8. The highest BCUT2D eigenvalue weighted by Crippen LogP contribution is 2.40. The van der Waals surface area contributed by atoms with Crippen molar-refractivity contribution in [3.8, 4) is 0 Å². The van der Waals surface area contributed by atoms with Crippen molar-refractivity contribution in [3.05, 3.63) is 57.3 Å². The molecule has 4 nitrogen and oxygen atoms in total. The number of fused-ring (bicyclic) bond motifs is 1. The van der Waals surface area contributed by atoms with Gasteiger partial charge >= 0.3 is 5.97 Å². The Balaban J connectivity index is 1.70.